The van der Waals surface area contributed by atoms with Crippen molar-refractivity contribution in [2.24, 2.45) is 0 Å². The van der Waals surface area contributed by atoms with E-state index in [2.05, 4.69) is 22.6 Å². The van der Waals surface area contributed by atoms with Gasteiger partial charge in [-0.05, 0) is 31.0 Å². The van der Waals surface area contributed by atoms with Gasteiger partial charge in [0.15, 0.2) is 0 Å². The van der Waals surface area contributed by atoms with Crippen molar-refractivity contribution in [1.82, 2.24) is 14.7 Å². The van der Waals surface area contributed by atoms with Crippen molar-refractivity contribution in [1.29, 1.82) is 0 Å². The van der Waals surface area contributed by atoms with Crippen molar-refractivity contribution in [3.63, 3.8) is 0 Å². The van der Waals surface area contributed by atoms with Gasteiger partial charge in [-0.2, -0.15) is 17.7 Å². The van der Waals surface area contributed by atoms with E-state index in [1.54, 1.807) is 23.2 Å². The lowest BCUT2D eigenvalue weighted by Crippen LogP contribution is -2.59. The summed E-state index contributed by atoms with van der Waals surface area (Å²) in [4.78, 5) is 27.2. The first-order valence-corrected chi connectivity index (χ1v) is 10.1. The third-order valence-corrected chi connectivity index (χ3v) is 5.98. The van der Waals surface area contributed by atoms with Gasteiger partial charge in [-0.3, -0.25) is 15.0 Å². The largest absolute Gasteiger partial charge is 0.444 e. The Hall–Kier alpha value is -2.75. The number of nitrogens with zero attached hydrogens (tertiary/aromatic N) is 5. The molecule has 0 spiro atoms. The SMILES string of the molecule is C[C@@]1(N2CCCn3nccc32)C[C@H](S)CN1C(=O)OCc1ccc([N+](=O)[O-])cc1. The summed E-state index contributed by atoms with van der Waals surface area (Å²) in [6.07, 6.45) is 3.03. The molecule has 29 heavy (non-hydrogen) atoms. The van der Waals surface area contributed by atoms with Gasteiger partial charge in [0.25, 0.3) is 5.69 Å². The van der Waals surface area contributed by atoms with Crippen LogP contribution in [0.3, 0.4) is 0 Å². The molecule has 2 atom stereocenters. The number of amides is 1. The fraction of sp³-hybridized carbons (Fsp3) is 0.474. The van der Waals surface area contributed by atoms with E-state index in [0.717, 1.165) is 25.3 Å². The van der Waals surface area contributed by atoms with Gasteiger partial charge >= 0.3 is 6.09 Å². The van der Waals surface area contributed by atoms with Crippen LogP contribution in [0.1, 0.15) is 25.3 Å². The second-order valence-corrected chi connectivity index (χ2v) is 8.31. The number of likely N-dealkylation sites (tertiary alicyclic amines) is 1. The molecule has 2 aromatic rings. The van der Waals surface area contributed by atoms with Crippen LogP contribution in [-0.2, 0) is 17.9 Å². The number of aromatic nitrogens is 2. The third kappa shape index (κ3) is 3.64. The van der Waals surface area contributed by atoms with Gasteiger partial charge in [0.2, 0.25) is 0 Å². The molecule has 4 rings (SSSR count). The van der Waals surface area contributed by atoms with E-state index >= 15 is 0 Å². The average Bonchev–Trinajstić information content (AvgIpc) is 3.30. The van der Waals surface area contributed by atoms with E-state index in [0.29, 0.717) is 18.5 Å². The zero-order chi connectivity index (χ0) is 20.6. The Morgan fingerprint density at radius 3 is 2.83 bits per heavy atom. The Balaban J connectivity index is 1.49. The van der Waals surface area contributed by atoms with Gasteiger partial charge in [-0.25, -0.2) is 9.48 Å². The highest BCUT2D eigenvalue weighted by Gasteiger charge is 2.49. The van der Waals surface area contributed by atoms with Crippen LogP contribution in [0.2, 0.25) is 0 Å². The molecule has 1 aromatic heterocycles. The zero-order valence-corrected chi connectivity index (χ0v) is 17.0. The van der Waals surface area contributed by atoms with Gasteiger partial charge in [0.05, 0.1) is 11.1 Å². The maximum atomic E-state index is 13.0. The Morgan fingerprint density at radius 2 is 2.10 bits per heavy atom. The lowest BCUT2D eigenvalue weighted by atomic mass is 10.1. The number of carbonyl (C=O) groups is 1. The van der Waals surface area contributed by atoms with E-state index in [-0.39, 0.29) is 17.5 Å². The first-order chi connectivity index (χ1) is 13.9. The first kappa shape index (κ1) is 19.6. The van der Waals surface area contributed by atoms with Crippen LogP contribution in [0.25, 0.3) is 0 Å². The minimum atomic E-state index is -0.558. The highest BCUT2D eigenvalue weighted by Crippen LogP contribution is 2.39. The van der Waals surface area contributed by atoms with Crippen LogP contribution in [-0.4, -0.2) is 49.7 Å². The maximum Gasteiger partial charge on any atom is 0.412 e. The Labute approximate surface area is 173 Å². The molecule has 1 fully saturated rings. The molecule has 0 unspecified atom stereocenters. The van der Waals surface area contributed by atoms with Crippen molar-refractivity contribution in [3.05, 3.63) is 52.2 Å². The summed E-state index contributed by atoms with van der Waals surface area (Å²) in [7, 11) is 0. The fourth-order valence-electron chi connectivity index (χ4n) is 4.20. The second kappa shape index (κ2) is 7.58. The highest BCUT2D eigenvalue weighted by atomic mass is 32.1. The molecule has 2 aliphatic rings. The summed E-state index contributed by atoms with van der Waals surface area (Å²) in [5.74, 6) is 0.995. The summed E-state index contributed by atoms with van der Waals surface area (Å²) in [5, 5.41) is 15.2. The molecule has 3 heterocycles. The van der Waals surface area contributed by atoms with Crippen LogP contribution >= 0.6 is 12.6 Å². The number of hydrogen-bond acceptors (Lipinski definition) is 7. The lowest BCUT2D eigenvalue weighted by molar-refractivity contribution is -0.384. The molecule has 0 aliphatic carbocycles. The molecule has 9 nitrogen and oxygen atoms in total. The number of non-ortho nitro benzene ring substituents is 1. The third-order valence-electron chi connectivity index (χ3n) is 5.63. The zero-order valence-electron chi connectivity index (χ0n) is 16.1. The second-order valence-electron chi connectivity index (χ2n) is 7.58. The molecular weight excluding hydrogens is 394 g/mol. The molecule has 1 saturated heterocycles. The van der Waals surface area contributed by atoms with Crippen molar-refractivity contribution in [2.45, 2.75) is 43.8 Å². The van der Waals surface area contributed by atoms with Crippen LogP contribution < -0.4 is 4.90 Å². The number of nitro benzene ring substituents is 1. The first-order valence-electron chi connectivity index (χ1n) is 9.54. The molecule has 1 aromatic carbocycles. The van der Waals surface area contributed by atoms with Gasteiger partial charge in [0, 0.05) is 49.5 Å². The molecule has 0 radical (unpaired) electrons. The number of aryl methyl sites for hydroxylation is 1. The summed E-state index contributed by atoms with van der Waals surface area (Å²) >= 11 is 4.64. The number of fused-ring (bicyclic) bond motifs is 1. The van der Waals surface area contributed by atoms with Crippen molar-refractivity contribution in [2.75, 3.05) is 18.0 Å². The molecule has 2 aliphatic heterocycles. The standard InChI is InChI=1S/C19H23N5O4S/c1-19(21-9-2-10-23-17(21)7-8-20-23)11-16(29)12-22(19)18(25)28-13-14-3-5-15(6-4-14)24(26)27/h3-8,16,29H,2,9-13H2,1H3/t16-,19-/m0/s1. The normalized spacial score (nSPS) is 23.7. The molecule has 154 valence electrons. The van der Waals surface area contributed by atoms with Crippen molar-refractivity contribution < 1.29 is 14.5 Å². The van der Waals surface area contributed by atoms with Crippen LogP contribution in [0.15, 0.2) is 36.5 Å². The Morgan fingerprint density at radius 1 is 1.34 bits per heavy atom. The minimum absolute atomic E-state index is 0.00632. The predicted octanol–water partition coefficient (Wildman–Crippen LogP) is 3.06. The monoisotopic (exact) mass is 417 g/mol. The summed E-state index contributed by atoms with van der Waals surface area (Å²) in [6.45, 7) is 4.28. The van der Waals surface area contributed by atoms with E-state index in [9.17, 15) is 14.9 Å². The number of rotatable bonds is 4. The average molecular weight is 417 g/mol. The van der Waals surface area contributed by atoms with E-state index in [1.807, 2.05) is 17.7 Å². The number of anilines is 1. The van der Waals surface area contributed by atoms with Crippen molar-refractivity contribution in [3.8, 4) is 0 Å². The maximum absolute atomic E-state index is 13.0. The summed E-state index contributed by atoms with van der Waals surface area (Å²) < 4.78 is 7.51. The predicted molar refractivity (Wildman–Crippen MR) is 110 cm³/mol. The van der Waals surface area contributed by atoms with Gasteiger partial charge in [-0.1, -0.05) is 0 Å². The van der Waals surface area contributed by atoms with Gasteiger partial charge in [0.1, 0.15) is 18.1 Å². The Bertz CT molecular complexity index is 918. The number of hydrogen-bond donors (Lipinski definition) is 1. The molecular formula is C19H23N5O4S. The lowest BCUT2D eigenvalue weighted by Gasteiger charge is -2.46. The number of ether oxygens (including phenoxy) is 1. The van der Waals surface area contributed by atoms with Crippen LogP contribution in [0.5, 0.6) is 0 Å². The Kier molecular flexibility index (Phi) is 5.12. The molecule has 10 heteroatoms. The topological polar surface area (TPSA) is 93.7 Å². The number of benzene rings is 1. The van der Waals surface area contributed by atoms with E-state index in [1.165, 1.54) is 12.1 Å². The quantitative estimate of drug-likeness (QED) is 0.467. The fourth-order valence-corrected chi connectivity index (χ4v) is 4.71. The number of carbonyl (C=O) groups excluding carboxylic acids is 1. The molecule has 0 N–H and O–H groups in total. The van der Waals surface area contributed by atoms with Crippen LogP contribution in [0.4, 0.5) is 16.3 Å². The summed E-state index contributed by atoms with van der Waals surface area (Å²) in [6, 6.07) is 7.97. The van der Waals surface area contributed by atoms with Crippen LogP contribution in [0, 0.1) is 10.1 Å². The smallest absolute Gasteiger partial charge is 0.412 e. The minimum Gasteiger partial charge on any atom is -0.444 e. The molecule has 0 saturated carbocycles. The van der Waals surface area contributed by atoms with E-state index < -0.39 is 16.7 Å². The summed E-state index contributed by atoms with van der Waals surface area (Å²) in [5.41, 5.74) is 0.145. The highest BCUT2D eigenvalue weighted by molar-refractivity contribution is 7.81. The van der Waals surface area contributed by atoms with Gasteiger partial charge < -0.3 is 9.64 Å². The van der Waals surface area contributed by atoms with E-state index in [4.69, 9.17) is 4.74 Å². The van der Waals surface area contributed by atoms with Gasteiger partial charge in [-0.15, -0.1) is 0 Å². The van der Waals surface area contributed by atoms with Crippen molar-refractivity contribution >= 4 is 30.2 Å². The molecule has 0 bridgehead atoms. The number of thiol groups is 1. The number of nitro groups is 1. The molecule has 1 amide bonds.